The first-order valence-corrected chi connectivity index (χ1v) is 10.2. The third-order valence-electron chi connectivity index (χ3n) is 8.90. The zero-order valence-electron chi connectivity index (χ0n) is 15.9. The zero-order chi connectivity index (χ0) is 17.3. The molecule has 4 rings (SSSR count). The quantitative estimate of drug-likeness (QED) is 0.742. The van der Waals surface area contributed by atoms with Crippen LogP contribution in [0.1, 0.15) is 79.1 Å². The Labute approximate surface area is 147 Å². The van der Waals surface area contributed by atoms with Gasteiger partial charge in [-0.3, -0.25) is 4.79 Å². The van der Waals surface area contributed by atoms with Crippen LogP contribution in [0.5, 0.6) is 0 Å². The molecule has 1 N–H and O–H groups in total. The minimum atomic E-state index is -0.0619. The number of carbonyl (C=O) groups is 1. The predicted octanol–water partition coefficient (Wildman–Crippen LogP) is 4.91. The van der Waals surface area contributed by atoms with Crippen LogP contribution >= 0.6 is 0 Å². The fraction of sp³-hybridized carbons (Fsp3) is 0.864. The molecule has 7 atom stereocenters. The summed E-state index contributed by atoms with van der Waals surface area (Å²) in [5, 5.41) is 10.1. The van der Waals surface area contributed by atoms with Crippen LogP contribution in [0.2, 0.25) is 0 Å². The van der Waals surface area contributed by atoms with Crippen molar-refractivity contribution in [2.45, 2.75) is 85.2 Å². The van der Waals surface area contributed by atoms with Gasteiger partial charge in [-0.1, -0.05) is 19.4 Å². The summed E-state index contributed by atoms with van der Waals surface area (Å²) < 4.78 is 0. The van der Waals surface area contributed by atoms with E-state index in [1.54, 1.807) is 6.92 Å². The summed E-state index contributed by atoms with van der Waals surface area (Å²) in [5.74, 6) is 3.30. The molecular formula is C22H34O2. The van der Waals surface area contributed by atoms with Crippen LogP contribution in [-0.2, 0) is 4.79 Å². The largest absolute Gasteiger partial charge is 0.393 e. The van der Waals surface area contributed by atoms with E-state index in [1.165, 1.54) is 43.3 Å². The highest BCUT2D eigenvalue weighted by molar-refractivity contribution is 5.96. The van der Waals surface area contributed by atoms with Crippen LogP contribution in [0.4, 0.5) is 0 Å². The highest BCUT2D eigenvalue weighted by Gasteiger charge is 2.59. The van der Waals surface area contributed by atoms with E-state index in [0.717, 1.165) is 37.0 Å². The SMILES string of the molecule is CC(=O)C1=C(C)C[C@H]2[C@@H]3CC[C@@H]4C[C@H](O)CC[C@]4(C)[C@H]3CC[C@]12C. The van der Waals surface area contributed by atoms with Crippen molar-refractivity contribution in [3.63, 3.8) is 0 Å². The monoisotopic (exact) mass is 330 g/mol. The molecular weight excluding hydrogens is 296 g/mol. The number of carbonyl (C=O) groups excluding carboxylic acids is 1. The molecule has 0 saturated heterocycles. The van der Waals surface area contributed by atoms with Gasteiger partial charge in [0.15, 0.2) is 5.78 Å². The second kappa shape index (κ2) is 5.43. The molecule has 3 fully saturated rings. The molecule has 0 radical (unpaired) electrons. The molecule has 0 aromatic carbocycles. The van der Waals surface area contributed by atoms with E-state index < -0.39 is 0 Å². The minimum absolute atomic E-state index is 0.0619. The van der Waals surface area contributed by atoms with Crippen LogP contribution < -0.4 is 0 Å². The number of fused-ring (bicyclic) bond motifs is 5. The molecule has 0 spiro atoms. The van der Waals surface area contributed by atoms with Gasteiger partial charge in [-0.25, -0.2) is 0 Å². The van der Waals surface area contributed by atoms with E-state index in [-0.39, 0.29) is 11.5 Å². The Balaban J connectivity index is 1.65. The number of allylic oxidation sites excluding steroid dienone is 2. The van der Waals surface area contributed by atoms with Gasteiger partial charge in [0.05, 0.1) is 6.10 Å². The maximum atomic E-state index is 12.3. The van der Waals surface area contributed by atoms with Crippen molar-refractivity contribution in [3.05, 3.63) is 11.1 Å². The van der Waals surface area contributed by atoms with Crippen molar-refractivity contribution in [2.24, 2.45) is 34.5 Å². The first kappa shape index (κ1) is 16.8. The average Bonchev–Trinajstić information content (AvgIpc) is 2.78. The van der Waals surface area contributed by atoms with E-state index in [0.29, 0.717) is 17.1 Å². The Morgan fingerprint density at radius 1 is 1.08 bits per heavy atom. The summed E-state index contributed by atoms with van der Waals surface area (Å²) in [6.07, 6.45) is 9.39. The van der Waals surface area contributed by atoms with E-state index in [4.69, 9.17) is 0 Å². The third-order valence-corrected chi connectivity index (χ3v) is 8.90. The third kappa shape index (κ3) is 2.14. The Morgan fingerprint density at radius 2 is 1.83 bits per heavy atom. The fourth-order valence-electron chi connectivity index (χ4n) is 7.86. The Bertz CT molecular complexity index is 591. The highest BCUT2D eigenvalue weighted by Crippen LogP contribution is 2.67. The van der Waals surface area contributed by atoms with Crippen molar-refractivity contribution in [1.82, 2.24) is 0 Å². The summed E-state index contributed by atoms with van der Waals surface area (Å²) in [6.45, 7) is 8.91. The molecule has 0 bridgehead atoms. The van der Waals surface area contributed by atoms with Gasteiger partial charge in [-0.15, -0.1) is 0 Å². The molecule has 0 amide bonds. The van der Waals surface area contributed by atoms with E-state index >= 15 is 0 Å². The van der Waals surface area contributed by atoms with Crippen molar-refractivity contribution < 1.29 is 9.90 Å². The topological polar surface area (TPSA) is 37.3 Å². The highest BCUT2D eigenvalue weighted by atomic mass is 16.3. The number of Topliss-reactive ketones (excluding diaryl/α,β-unsaturated/α-hetero) is 1. The van der Waals surface area contributed by atoms with E-state index in [2.05, 4.69) is 20.8 Å². The Kier molecular flexibility index (Phi) is 3.81. The first-order valence-electron chi connectivity index (χ1n) is 10.2. The summed E-state index contributed by atoms with van der Waals surface area (Å²) in [6, 6.07) is 0. The summed E-state index contributed by atoms with van der Waals surface area (Å²) in [4.78, 5) is 12.3. The number of ketones is 1. The van der Waals surface area contributed by atoms with Crippen molar-refractivity contribution in [3.8, 4) is 0 Å². The Hall–Kier alpha value is -0.630. The van der Waals surface area contributed by atoms with E-state index in [1.807, 2.05) is 0 Å². The van der Waals surface area contributed by atoms with Gasteiger partial charge >= 0.3 is 0 Å². The normalized spacial score (nSPS) is 51.0. The summed E-state index contributed by atoms with van der Waals surface area (Å²) >= 11 is 0. The molecule has 2 heteroatoms. The Morgan fingerprint density at radius 3 is 2.54 bits per heavy atom. The molecule has 0 aromatic rings. The molecule has 134 valence electrons. The average molecular weight is 331 g/mol. The van der Waals surface area contributed by atoms with Crippen molar-refractivity contribution in [2.75, 3.05) is 0 Å². The van der Waals surface area contributed by atoms with Gasteiger partial charge < -0.3 is 5.11 Å². The molecule has 0 unspecified atom stereocenters. The molecule has 2 nitrogen and oxygen atoms in total. The van der Waals surface area contributed by atoms with Gasteiger partial charge in [-0.05, 0) is 105 Å². The lowest BCUT2D eigenvalue weighted by Gasteiger charge is -2.60. The molecule has 0 heterocycles. The number of aliphatic hydroxyl groups excluding tert-OH is 1. The van der Waals surface area contributed by atoms with Gasteiger partial charge in [0, 0.05) is 0 Å². The predicted molar refractivity (Wildman–Crippen MR) is 96.5 cm³/mol. The van der Waals surface area contributed by atoms with Gasteiger partial charge in [0.2, 0.25) is 0 Å². The minimum Gasteiger partial charge on any atom is -0.393 e. The lowest BCUT2D eigenvalue weighted by atomic mass is 9.44. The molecule has 0 aliphatic heterocycles. The van der Waals surface area contributed by atoms with Crippen molar-refractivity contribution in [1.29, 1.82) is 0 Å². The molecule has 0 aromatic heterocycles. The lowest BCUT2D eigenvalue weighted by molar-refractivity contribution is -0.124. The van der Waals surface area contributed by atoms with Gasteiger partial charge in [-0.2, -0.15) is 0 Å². The van der Waals surface area contributed by atoms with Gasteiger partial charge in [0.25, 0.3) is 0 Å². The number of hydrogen-bond acceptors (Lipinski definition) is 2. The maximum absolute atomic E-state index is 12.3. The molecule has 3 saturated carbocycles. The van der Waals surface area contributed by atoms with Crippen LogP contribution in [0.3, 0.4) is 0 Å². The first-order chi connectivity index (χ1) is 11.3. The van der Waals surface area contributed by atoms with Gasteiger partial charge in [0.1, 0.15) is 0 Å². The second-order valence-corrected chi connectivity index (χ2v) is 9.96. The zero-order valence-corrected chi connectivity index (χ0v) is 15.9. The molecule has 4 aliphatic rings. The van der Waals surface area contributed by atoms with Crippen LogP contribution in [0, 0.1) is 34.5 Å². The number of rotatable bonds is 1. The summed E-state index contributed by atoms with van der Waals surface area (Å²) in [5.41, 5.74) is 3.12. The van der Waals surface area contributed by atoms with Crippen LogP contribution in [0.25, 0.3) is 0 Å². The number of aliphatic hydroxyl groups is 1. The van der Waals surface area contributed by atoms with Crippen LogP contribution in [0.15, 0.2) is 11.1 Å². The smallest absolute Gasteiger partial charge is 0.156 e. The molecule has 24 heavy (non-hydrogen) atoms. The maximum Gasteiger partial charge on any atom is 0.156 e. The van der Waals surface area contributed by atoms with Crippen molar-refractivity contribution >= 4 is 5.78 Å². The standard InChI is InChI=1S/C22H34O2/c1-13-11-19-17-6-5-15-12-16(24)7-9-21(15,3)18(17)8-10-22(19,4)20(13)14(2)23/h15-19,24H,5-12H2,1-4H3/t15-,16-,17-,18+,19+,21+,22+/m1/s1. The van der Waals surface area contributed by atoms with E-state index in [9.17, 15) is 9.90 Å². The van der Waals surface area contributed by atoms with Crippen LogP contribution in [-0.4, -0.2) is 17.0 Å². The lowest BCUT2D eigenvalue weighted by Crippen LogP contribution is -2.53. The summed E-state index contributed by atoms with van der Waals surface area (Å²) in [7, 11) is 0. The fourth-order valence-corrected chi connectivity index (χ4v) is 7.86. The second-order valence-electron chi connectivity index (χ2n) is 9.96. The molecule has 4 aliphatic carbocycles. The number of hydrogen-bond donors (Lipinski definition) is 1.